The molecular formula is C20H14F6O2S. The van der Waals surface area contributed by atoms with E-state index in [4.69, 9.17) is 4.74 Å². The van der Waals surface area contributed by atoms with Crippen LogP contribution in [-0.2, 0) is 23.8 Å². The highest BCUT2D eigenvalue weighted by Crippen LogP contribution is 2.39. The Morgan fingerprint density at radius 2 is 1.72 bits per heavy atom. The van der Waals surface area contributed by atoms with Crippen molar-refractivity contribution in [2.75, 3.05) is 0 Å². The number of hydrogen-bond acceptors (Lipinski definition) is 3. The highest BCUT2D eigenvalue weighted by Gasteiger charge is 2.37. The second-order valence-electron chi connectivity index (χ2n) is 6.42. The molecule has 2 aromatic rings. The Balaban J connectivity index is 1.85. The molecule has 0 aliphatic carbocycles. The largest absolute Gasteiger partial charge is 0.489 e. The topological polar surface area (TPSA) is 26.3 Å². The van der Waals surface area contributed by atoms with Gasteiger partial charge >= 0.3 is 12.4 Å². The second kappa shape index (κ2) is 7.78. The van der Waals surface area contributed by atoms with Gasteiger partial charge in [0.2, 0.25) is 0 Å². The van der Waals surface area contributed by atoms with Crippen LogP contribution >= 0.6 is 11.8 Å². The van der Waals surface area contributed by atoms with Gasteiger partial charge < -0.3 is 4.74 Å². The summed E-state index contributed by atoms with van der Waals surface area (Å²) in [6.45, 7) is 1.05. The minimum Gasteiger partial charge on any atom is -0.489 e. The van der Waals surface area contributed by atoms with Crippen molar-refractivity contribution >= 4 is 21.8 Å². The molecule has 0 N–H and O–H groups in total. The maximum Gasteiger partial charge on any atom is 0.416 e. The number of allylic oxidation sites excluding steroid dienone is 1. The Morgan fingerprint density at radius 1 is 1.00 bits per heavy atom. The van der Waals surface area contributed by atoms with Gasteiger partial charge in [-0.2, -0.15) is 26.3 Å². The van der Waals surface area contributed by atoms with Crippen molar-refractivity contribution in [2.24, 2.45) is 5.92 Å². The number of alkyl halides is 6. The fraction of sp³-hybridized carbons (Fsp3) is 0.250. The van der Waals surface area contributed by atoms with Crippen LogP contribution in [0.25, 0.3) is 4.91 Å². The molecule has 1 aliphatic heterocycles. The SMILES string of the molecule is CC1C=C(c2cccc(OCc3cc(C(F)(F)F)ccc3C(F)(F)F)c2)SC1=O. The van der Waals surface area contributed by atoms with Gasteiger partial charge in [-0.1, -0.05) is 36.9 Å². The first-order valence-electron chi connectivity index (χ1n) is 8.39. The molecule has 0 fully saturated rings. The number of hydrogen-bond donors (Lipinski definition) is 0. The number of thioether (sulfide) groups is 1. The van der Waals surface area contributed by atoms with Crippen molar-refractivity contribution < 1.29 is 35.9 Å². The lowest BCUT2D eigenvalue weighted by Gasteiger charge is -2.16. The van der Waals surface area contributed by atoms with E-state index in [1.807, 2.05) is 0 Å². The number of carbonyl (C=O) groups excluding carboxylic acids is 1. The Hall–Kier alpha value is -2.42. The highest BCUT2D eigenvalue weighted by molar-refractivity contribution is 8.21. The molecule has 0 radical (unpaired) electrons. The molecule has 1 unspecified atom stereocenters. The summed E-state index contributed by atoms with van der Waals surface area (Å²) < 4.78 is 83.5. The van der Waals surface area contributed by atoms with E-state index in [0.717, 1.165) is 11.8 Å². The predicted octanol–water partition coefficient (Wildman–Crippen LogP) is 6.55. The van der Waals surface area contributed by atoms with E-state index in [-0.39, 0.29) is 16.8 Å². The molecule has 1 aliphatic rings. The van der Waals surface area contributed by atoms with E-state index in [1.165, 1.54) is 12.1 Å². The van der Waals surface area contributed by atoms with Crippen LogP contribution in [0.15, 0.2) is 48.5 Å². The number of benzene rings is 2. The van der Waals surface area contributed by atoms with Crippen molar-refractivity contribution in [1.29, 1.82) is 0 Å². The van der Waals surface area contributed by atoms with Gasteiger partial charge in [0.1, 0.15) is 12.4 Å². The van der Waals surface area contributed by atoms with Gasteiger partial charge in [-0.3, -0.25) is 4.79 Å². The van der Waals surface area contributed by atoms with E-state index >= 15 is 0 Å². The molecule has 0 aromatic heterocycles. The average Bonchev–Trinajstić information content (AvgIpc) is 2.97. The zero-order valence-corrected chi connectivity index (χ0v) is 15.7. The summed E-state index contributed by atoms with van der Waals surface area (Å²) in [6.07, 6.45) is -7.82. The Bertz CT molecular complexity index is 962. The lowest BCUT2D eigenvalue weighted by molar-refractivity contribution is -0.142. The normalized spacial score (nSPS) is 17.4. The van der Waals surface area contributed by atoms with Gasteiger partial charge in [0, 0.05) is 16.4 Å². The summed E-state index contributed by atoms with van der Waals surface area (Å²) in [7, 11) is 0. The van der Waals surface area contributed by atoms with E-state index in [0.29, 0.717) is 28.7 Å². The second-order valence-corrected chi connectivity index (χ2v) is 7.47. The molecule has 0 saturated carbocycles. The summed E-state index contributed by atoms with van der Waals surface area (Å²) in [5.41, 5.74) is -2.34. The van der Waals surface area contributed by atoms with Crippen molar-refractivity contribution in [3.05, 3.63) is 70.8 Å². The summed E-state index contributed by atoms with van der Waals surface area (Å²) >= 11 is 1.05. The van der Waals surface area contributed by atoms with E-state index in [2.05, 4.69) is 0 Å². The smallest absolute Gasteiger partial charge is 0.416 e. The summed E-state index contributed by atoms with van der Waals surface area (Å²) in [4.78, 5) is 12.4. The van der Waals surface area contributed by atoms with E-state index < -0.39 is 35.6 Å². The van der Waals surface area contributed by atoms with Crippen LogP contribution in [0.5, 0.6) is 5.75 Å². The van der Waals surface area contributed by atoms with Gasteiger partial charge in [-0.25, -0.2) is 0 Å². The molecule has 3 rings (SSSR count). The zero-order valence-electron chi connectivity index (χ0n) is 14.9. The average molecular weight is 432 g/mol. The maximum absolute atomic E-state index is 13.2. The lowest BCUT2D eigenvalue weighted by atomic mass is 10.0. The first-order chi connectivity index (χ1) is 13.4. The predicted molar refractivity (Wildman–Crippen MR) is 97.0 cm³/mol. The van der Waals surface area contributed by atoms with Gasteiger partial charge in [-0.15, -0.1) is 0 Å². The zero-order chi connectivity index (χ0) is 21.4. The first kappa shape index (κ1) is 21.3. The maximum atomic E-state index is 13.2. The number of halogens is 6. The number of carbonyl (C=O) groups is 1. The molecule has 154 valence electrons. The van der Waals surface area contributed by atoms with Crippen LogP contribution in [0.1, 0.15) is 29.2 Å². The third-order valence-corrected chi connectivity index (χ3v) is 5.40. The molecule has 29 heavy (non-hydrogen) atoms. The Morgan fingerprint density at radius 3 is 2.31 bits per heavy atom. The molecule has 9 heteroatoms. The van der Waals surface area contributed by atoms with Crippen LogP contribution in [-0.4, -0.2) is 5.12 Å². The number of ether oxygens (including phenoxy) is 1. The molecule has 2 nitrogen and oxygen atoms in total. The Kier molecular flexibility index (Phi) is 5.71. The Labute approximate surface area is 166 Å². The van der Waals surface area contributed by atoms with Crippen LogP contribution in [0, 0.1) is 5.92 Å². The van der Waals surface area contributed by atoms with Gasteiger partial charge in [0.25, 0.3) is 0 Å². The summed E-state index contributed by atoms with van der Waals surface area (Å²) in [5, 5.41) is -0.0230. The minimum atomic E-state index is -4.81. The molecule has 0 amide bonds. The standard InChI is InChI=1S/C20H14F6O2S/c1-11-7-17(29-18(11)27)12-3-2-4-15(9-12)28-10-13-8-14(19(21,22)23)5-6-16(13)20(24,25)26/h2-9,11H,10H2,1H3. The quantitative estimate of drug-likeness (QED) is 0.513. The molecule has 0 bridgehead atoms. The highest BCUT2D eigenvalue weighted by atomic mass is 32.2. The lowest BCUT2D eigenvalue weighted by Crippen LogP contribution is -2.14. The fourth-order valence-corrected chi connectivity index (χ4v) is 3.74. The number of rotatable bonds is 4. The van der Waals surface area contributed by atoms with Crippen LogP contribution in [0.2, 0.25) is 0 Å². The first-order valence-corrected chi connectivity index (χ1v) is 9.21. The molecule has 2 aromatic carbocycles. The van der Waals surface area contributed by atoms with Gasteiger partial charge in [-0.05, 0) is 35.9 Å². The van der Waals surface area contributed by atoms with Crippen LogP contribution < -0.4 is 4.74 Å². The van der Waals surface area contributed by atoms with Crippen molar-refractivity contribution in [3.63, 3.8) is 0 Å². The molecule has 0 saturated heterocycles. The van der Waals surface area contributed by atoms with Crippen molar-refractivity contribution in [2.45, 2.75) is 25.9 Å². The van der Waals surface area contributed by atoms with E-state index in [1.54, 1.807) is 25.1 Å². The molecule has 1 atom stereocenters. The van der Waals surface area contributed by atoms with Gasteiger partial charge in [0.15, 0.2) is 5.12 Å². The molecular weight excluding hydrogens is 418 g/mol. The fourth-order valence-electron chi connectivity index (χ4n) is 2.75. The monoisotopic (exact) mass is 432 g/mol. The van der Waals surface area contributed by atoms with Crippen molar-refractivity contribution in [1.82, 2.24) is 0 Å². The summed E-state index contributed by atoms with van der Waals surface area (Å²) in [5.74, 6) is -0.0689. The van der Waals surface area contributed by atoms with Gasteiger partial charge in [0.05, 0.1) is 11.1 Å². The van der Waals surface area contributed by atoms with Crippen LogP contribution in [0.4, 0.5) is 26.3 Å². The molecule has 0 spiro atoms. The molecule has 1 heterocycles. The van der Waals surface area contributed by atoms with Crippen LogP contribution in [0.3, 0.4) is 0 Å². The minimum absolute atomic E-state index is 0.0230. The summed E-state index contributed by atoms with van der Waals surface area (Å²) in [6, 6.07) is 7.57. The third-order valence-electron chi connectivity index (χ3n) is 4.23. The van der Waals surface area contributed by atoms with E-state index in [9.17, 15) is 31.1 Å². The third kappa shape index (κ3) is 4.95. The van der Waals surface area contributed by atoms with Crippen molar-refractivity contribution in [3.8, 4) is 5.75 Å².